The number of aryl methyl sites for hydroxylation is 1. The van der Waals surface area contributed by atoms with E-state index < -0.39 is 0 Å². The third kappa shape index (κ3) is 2.24. The number of piperidine rings is 1. The summed E-state index contributed by atoms with van der Waals surface area (Å²) in [4.78, 5) is 14.2. The van der Waals surface area contributed by atoms with Crippen molar-refractivity contribution in [1.82, 2.24) is 9.47 Å². The van der Waals surface area contributed by atoms with E-state index >= 15 is 0 Å². The van der Waals surface area contributed by atoms with Crippen LogP contribution in [0.4, 0.5) is 0 Å². The number of carbonyl (C=O) groups excluding carboxylic acids is 1. The minimum Gasteiger partial charge on any atom is -0.393 e. The number of aliphatic hydroxyl groups excluding tert-OH is 1. The molecule has 0 spiro atoms. The number of rotatable bonds is 1. The highest BCUT2D eigenvalue weighted by Crippen LogP contribution is 2.19. The molecule has 4 heteroatoms. The molecule has 1 fully saturated rings. The lowest BCUT2D eigenvalue weighted by atomic mass is 10.1. The quantitative estimate of drug-likeness (QED) is 0.847. The topological polar surface area (TPSA) is 45.5 Å². The molecule has 0 aliphatic carbocycles. The summed E-state index contributed by atoms with van der Waals surface area (Å²) in [6, 6.07) is 7.84. The van der Waals surface area contributed by atoms with Crippen LogP contribution in [0, 0.1) is 0 Å². The van der Waals surface area contributed by atoms with Crippen molar-refractivity contribution < 1.29 is 9.90 Å². The van der Waals surface area contributed by atoms with Gasteiger partial charge in [-0.15, -0.1) is 0 Å². The molecule has 1 aromatic heterocycles. The predicted octanol–water partition coefficient (Wildman–Crippen LogP) is 1.78. The van der Waals surface area contributed by atoms with Gasteiger partial charge in [0.05, 0.1) is 6.10 Å². The van der Waals surface area contributed by atoms with Crippen LogP contribution in [0.15, 0.2) is 30.5 Å². The van der Waals surface area contributed by atoms with E-state index in [9.17, 15) is 9.90 Å². The fourth-order valence-electron chi connectivity index (χ4n) is 2.67. The maximum Gasteiger partial charge on any atom is 0.253 e. The monoisotopic (exact) mass is 258 g/mol. The molecule has 4 nitrogen and oxygen atoms in total. The zero-order valence-corrected chi connectivity index (χ0v) is 11.0. The van der Waals surface area contributed by atoms with Gasteiger partial charge >= 0.3 is 0 Å². The second-order valence-corrected chi connectivity index (χ2v) is 5.22. The molecule has 1 aliphatic heterocycles. The summed E-state index contributed by atoms with van der Waals surface area (Å²) in [6.07, 6.45) is 3.11. The van der Waals surface area contributed by atoms with Gasteiger partial charge in [-0.3, -0.25) is 4.79 Å². The van der Waals surface area contributed by atoms with Crippen molar-refractivity contribution in [1.29, 1.82) is 0 Å². The molecule has 0 unspecified atom stereocenters. The van der Waals surface area contributed by atoms with Crippen molar-refractivity contribution in [2.45, 2.75) is 18.9 Å². The number of amides is 1. The second kappa shape index (κ2) is 4.70. The summed E-state index contributed by atoms with van der Waals surface area (Å²) in [7, 11) is 2.00. The molecule has 2 heterocycles. The van der Waals surface area contributed by atoms with Crippen LogP contribution in [-0.4, -0.2) is 39.7 Å². The number of nitrogens with zero attached hydrogens (tertiary/aromatic N) is 2. The van der Waals surface area contributed by atoms with E-state index in [-0.39, 0.29) is 12.0 Å². The van der Waals surface area contributed by atoms with E-state index in [1.54, 1.807) is 0 Å². The van der Waals surface area contributed by atoms with Crippen LogP contribution >= 0.6 is 0 Å². The molecule has 0 bridgehead atoms. The molecule has 1 aliphatic rings. The fraction of sp³-hybridized carbons (Fsp3) is 0.400. The number of fused-ring (bicyclic) bond motifs is 1. The van der Waals surface area contributed by atoms with Gasteiger partial charge in [-0.1, -0.05) is 0 Å². The Labute approximate surface area is 112 Å². The van der Waals surface area contributed by atoms with Gasteiger partial charge in [0.1, 0.15) is 0 Å². The van der Waals surface area contributed by atoms with Crippen LogP contribution < -0.4 is 0 Å². The number of hydrogen-bond donors (Lipinski definition) is 1. The Balaban J connectivity index is 1.85. The first-order chi connectivity index (χ1) is 9.15. The zero-order chi connectivity index (χ0) is 13.4. The molecule has 0 radical (unpaired) electrons. The molecular weight excluding hydrogens is 240 g/mol. The summed E-state index contributed by atoms with van der Waals surface area (Å²) in [5.74, 6) is 0.0673. The maximum atomic E-state index is 12.4. The van der Waals surface area contributed by atoms with Gasteiger partial charge in [-0.25, -0.2) is 0 Å². The summed E-state index contributed by atoms with van der Waals surface area (Å²) in [5.41, 5.74) is 1.86. The highest BCUT2D eigenvalue weighted by molar-refractivity contribution is 5.98. The number of benzene rings is 1. The maximum absolute atomic E-state index is 12.4. The van der Waals surface area contributed by atoms with Crippen molar-refractivity contribution in [3.8, 4) is 0 Å². The summed E-state index contributed by atoms with van der Waals surface area (Å²) < 4.78 is 2.04. The largest absolute Gasteiger partial charge is 0.393 e. The van der Waals surface area contributed by atoms with E-state index in [2.05, 4.69) is 0 Å². The van der Waals surface area contributed by atoms with Crippen molar-refractivity contribution in [3.63, 3.8) is 0 Å². The molecule has 1 saturated heterocycles. The van der Waals surface area contributed by atoms with E-state index in [0.29, 0.717) is 25.9 Å². The van der Waals surface area contributed by atoms with E-state index in [0.717, 1.165) is 16.5 Å². The van der Waals surface area contributed by atoms with Gasteiger partial charge in [0.25, 0.3) is 5.91 Å². The second-order valence-electron chi connectivity index (χ2n) is 5.22. The smallest absolute Gasteiger partial charge is 0.253 e. The standard InChI is InChI=1S/C15H18N2O2/c1-16-7-4-11-10-12(2-3-14(11)16)15(19)17-8-5-13(18)6-9-17/h2-4,7,10,13,18H,5-6,8-9H2,1H3. The minimum absolute atomic E-state index is 0.0673. The Morgan fingerprint density at radius 2 is 2.00 bits per heavy atom. The van der Waals surface area contributed by atoms with Crippen molar-refractivity contribution >= 4 is 16.8 Å². The van der Waals surface area contributed by atoms with Gasteiger partial charge in [0.2, 0.25) is 0 Å². The third-order valence-corrected chi connectivity index (χ3v) is 3.88. The highest BCUT2D eigenvalue weighted by Gasteiger charge is 2.22. The lowest BCUT2D eigenvalue weighted by Gasteiger charge is -2.29. The van der Waals surface area contributed by atoms with Crippen LogP contribution in [0.5, 0.6) is 0 Å². The van der Waals surface area contributed by atoms with Gasteiger partial charge < -0.3 is 14.6 Å². The van der Waals surface area contributed by atoms with E-state index in [4.69, 9.17) is 0 Å². The summed E-state index contributed by atoms with van der Waals surface area (Å²) >= 11 is 0. The van der Waals surface area contributed by atoms with Gasteiger partial charge in [0, 0.05) is 42.8 Å². The van der Waals surface area contributed by atoms with Crippen LogP contribution in [0.1, 0.15) is 23.2 Å². The average molecular weight is 258 g/mol. The van der Waals surface area contributed by atoms with Crippen molar-refractivity contribution in [2.24, 2.45) is 7.05 Å². The first kappa shape index (κ1) is 12.2. The first-order valence-corrected chi connectivity index (χ1v) is 6.67. The Hall–Kier alpha value is -1.81. The molecule has 0 saturated carbocycles. The first-order valence-electron chi connectivity index (χ1n) is 6.67. The normalized spacial score (nSPS) is 17.1. The highest BCUT2D eigenvalue weighted by atomic mass is 16.3. The molecule has 19 heavy (non-hydrogen) atoms. The molecule has 3 rings (SSSR count). The zero-order valence-electron chi connectivity index (χ0n) is 11.0. The van der Waals surface area contributed by atoms with Gasteiger partial charge in [-0.2, -0.15) is 0 Å². The Morgan fingerprint density at radius 3 is 2.74 bits per heavy atom. The van der Waals surface area contributed by atoms with Crippen molar-refractivity contribution in [2.75, 3.05) is 13.1 Å². The lowest BCUT2D eigenvalue weighted by Crippen LogP contribution is -2.40. The van der Waals surface area contributed by atoms with Crippen LogP contribution in [0.2, 0.25) is 0 Å². The third-order valence-electron chi connectivity index (χ3n) is 3.88. The van der Waals surface area contributed by atoms with Gasteiger partial charge in [-0.05, 0) is 37.1 Å². The molecule has 1 aromatic carbocycles. The van der Waals surface area contributed by atoms with Crippen molar-refractivity contribution in [3.05, 3.63) is 36.0 Å². The van der Waals surface area contributed by atoms with Gasteiger partial charge in [0.15, 0.2) is 0 Å². The Bertz CT molecular complexity index is 610. The number of carbonyl (C=O) groups is 1. The fourth-order valence-corrected chi connectivity index (χ4v) is 2.67. The SMILES string of the molecule is Cn1ccc2cc(C(=O)N3CCC(O)CC3)ccc21. The lowest BCUT2D eigenvalue weighted by molar-refractivity contribution is 0.0546. The molecule has 1 N–H and O–H groups in total. The Kier molecular flexibility index (Phi) is 3.03. The average Bonchev–Trinajstić information content (AvgIpc) is 2.80. The van der Waals surface area contributed by atoms with Crippen LogP contribution in [0.3, 0.4) is 0 Å². The van der Waals surface area contributed by atoms with Crippen LogP contribution in [0.25, 0.3) is 10.9 Å². The number of aliphatic hydroxyl groups is 1. The molecule has 100 valence electrons. The van der Waals surface area contributed by atoms with E-state index in [1.807, 2.05) is 47.0 Å². The number of likely N-dealkylation sites (tertiary alicyclic amines) is 1. The predicted molar refractivity (Wildman–Crippen MR) is 74.1 cm³/mol. The van der Waals surface area contributed by atoms with Crippen LogP contribution in [-0.2, 0) is 7.05 Å². The Morgan fingerprint density at radius 1 is 1.26 bits per heavy atom. The molecular formula is C15H18N2O2. The number of aromatic nitrogens is 1. The molecule has 1 amide bonds. The van der Waals surface area contributed by atoms with E-state index in [1.165, 1.54) is 0 Å². The molecule has 0 atom stereocenters. The molecule has 2 aromatic rings. The summed E-state index contributed by atoms with van der Waals surface area (Å²) in [6.45, 7) is 1.29. The summed E-state index contributed by atoms with van der Waals surface area (Å²) in [5, 5.41) is 10.6. The minimum atomic E-state index is -0.249. The number of hydrogen-bond acceptors (Lipinski definition) is 2.